The lowest BCUT2D eigenvalue weighted by Gasteiger charge is -2.29. The van der Waals surface area contributed by atoms with E-state index >= 15 is 0 Å². The predicted octanol–water partition coefficient (Wildman–Crippen LogP) is 3.10. The molecule has 0 radical (unpaired) electrons. The summed E-state index contributed by atoms with van der Waals surface area (Å²) < 4.78 is 0.705. The lowest BCUT2D eigenvalue weighted by Crippen LogP contribution is -2.49. The van der Waals surface area contributed by atoms with Crippen LogP contribution in [0.5, 0.6) is 0 Å². The topological polar surface area (TPSA) is 55.1 Å². The molecular weight excluding hydrogens is 316 g/mol. The van der Waals surface area contributed by atoms with Gasteiger partial charge in [-0.2, -0.15) is 0 Å². The molecule has 0 aliphatic heterocycles. The highest BCUT2D eigenvalue weighted by Gasteiger charge is 2.24. The van der Waals surface area contributed by atoms with E-state index in [0.717, 1.165) is 25.7 Å². The quantitative estimate of drug-likeness (QED) is 0.875. The fraction of sp³-hybridized carbons (Fsp3) is 0.462. The van der Waals surface area contributed by atoms with E-state index in [9.17, 15) is 4.79 Å². The molecule has 98 valence electrons. The summed E-state index contributed by atoms with van der Waals surface area (Å²) in [5.41, 5.74) is 6.61. The predicted molar refractivity (Wildman–Crippen MR) is 76.8 cm³/mol. The highest BCUT2D eigenvalue weighted by molar-refractivity contribution is 9.10. The van der Waals surface area contributed by atoms with Crippen LogP contribution in [0.4, 0.5) is 0 Å². The second-order valence-electron chi connectivity index (χ2n) is 4.65. The third-order valence-electron chi connectivity index (χ3n) is 3.31. The van der Waals surface area contributed by atoms with Crippen LogP contribution in [0.25, 0.3) is 0 Å². The fourth-order valence-electron chi connectivity index (χ4n) is 2.26. The summed E-state index contributed by atoms with van der Waals surface area (Å²) >= 11 is 9.21. The normalized spacial score (nSPS) is 23.7. The summed E-state index contributed by atoms with van der Waals surface area (Å²) in [5, 5.41) is 3.61. The number of hydrogen-bond donors (Lipinski definition) is 2. The van der Waals surface area contributed by atoms with Gasteiger partial charge in [0.1, 0.15) is 0 Å². The van der Waals surface area contributed by atoms with Gasteiger partial charge in [-0.3, -0.25) is 4.79 Å². The second kappa shape index (κ2) is 6.04. The van der Waals surface area contributed by atoms with Gasteiger partial charge in [0.2, 0.25) is 0 Å². The first-order valence-corrected chi connectivity index (χ1v) is 7.26. The van der Waals surface area contributed by atoms with Crippen molar-refractivity contribution in [3.05, 3.63) is 33.3 Å². The van der Waals surface area contributed by atoms with Gasteiger partial charge >= 0.3 is 0 Å². The molecule has 0 unspecified atom stereocenters. The molecule has 1 aromatic rings. The molecule has 1 aliphatic carbocycles. The SMILES string of the molecule is N[C@@H]1CCCC[C@H]1NC(=O)c1ccc(Cl)cc1Br. The summed E-state index contributed by atoms with van der Waals surface area (Å²) in [6.07, 6.45) is 4.21. The number of nitrogens with two attached hydrogens (primary N) is 1. The average molecular weight is 332 g/mol. The van der Waals surface area contributed by atoms with Crippen molar-refractivity contribution in [3.8, 4) is 0 Å². The third kappa shape index (κ3) is 3.25. The van der Waals surface area contributed by atoms with Crippen LogP contribution in [-0.4, -0.2) is 18.0 Å². The number of halogens is 2. The third-order valence-corrected chi connectivity index (χ3v) is 4.20. The summed E-state index contributed by atoms with van der Waals surface area (Å²) in [7, 11) is 0. The highest BCUT2D eigenvalue weighted by Crippen LogP contribution is 2.23. The van der Waals surface area contributed by atoms with Crippen molar-refractivity contribution in [3.63, 3.8) is 0 Å². The van der Waals surface area contributed by atoms with E-state index in [1.54, 1.807) is 18.2 Å². The fourth-order valence-corrected chi connectivity index (χ4v) is 3.12. The van der Waals surface area contributed by atoms with Gasteiger partial charge in [0.25, 0.3) is 5.91 Å². The van der Waals surface area contributed by atoms with Crippen LogP contribution < -0.4 is 11.1 Å². The number of nitrogens with one attached hydrogen (secondary N) is 1. The lowest BCUT2D eigenvalue weighted by molar-refractivity contribution is 0.0920. The van der Waals surface area contributed by atoms with Crippen molar-refractivity contribution in [1.29, 1.82) is 0 Å². The molecule has 1 saturated carbocycles. The van der Waals surface area contributed by atoms with E-state index in [4.69, 9.17) is 17.3 Å². The molecule has 3 N–H and O–H groups in total. The molecule has 5 heteroatoms. The van der Waals surface area contributed by atoms with E-state index in [-0.39, 0.29) is 18.0 Å². The van der Waals surface area contributed by atoms with Gasteiger partial charge in [-0.15, -0.1) is 0 Å². The number of hydrogen-bond acceptors (Lipinski definition) is 2. The number of benzene rings is 1. The van der Waals surface area contributed by atoms with Crippen LogP contribution in [0.1, 0.15) is 36.0 Å². The zero-order valence-electron chi connectivity index (χ0n) is 9.96. The van der Waals surface area contributed by atoms with Gasteiger partial charge in [0.15, 0.2) is 0 Å². The van der Waals surface area contributed by atoms with Gasteiger partial charge in [-0.25, -0.2) is 0 Å². The summed E-state index contributed by atoms with van der Waals surface area (Å²) in [6.45, 7) is 0. The molecule has 1 fully saturated rings. The van der Waals surface area contributed by atoms with E-state index in [0.29, 0.717) is 15.1 Å². The molecule has 0 bridgehead atoms. The van der Waals surface area contributed by atoms with Crippen LogP contribution >= 0.6 is 27.5 Å². The zero-order valence-corrected chi connectivity index (χ0v) is 12.3. The Balaban J connectivity index is 2.07. The number of carbonyl (C=O) groups excluding carboxylic acids is 1. The smallest absolute Gasteiger partial charge is 0.252 e. The first-order valence-electron chi connectivity index (χ1n) is 6.09. The van der Waals surface area contributed by atoms with Crippen LogP contribution in [0.3, 0.4) is 0 Å². The Hall–Kier alpha value is -0.580. The minimum Gasteiger partial charge on any atom is -0.348 e. The minimum absolute atomic E-state index is 0.0637. The average Bonchev–Trinajstić information content (AvgIpc) is 2.32. The maximum absolute atomic E-state index is 12.2. The maximum Gasteiger partial charge on any atom is 0.252 e. The second-order valence-corrected chi connectivity index (χ2v) is 5.94. The lowest BCUT2D eigenvalue weighted by atomic mass is 9.91. The van der Waals surface area contributed by atoms with Gasteiger partial charge in [0.05, 0.1) is 5.56 Å². The molecule has 0 heterocycles. The monoisotopic (exact) mass is 330 g/mol. The highest BCUT2D eigenvalue weighted by atomic mass is 79.9. The Bertz CT molecular complexity index is 453. The van der Waals surface area contributed by atoms with Crippen molar-refractivity contribution < 1.29 is 4.79 Å². The van der Waals surface area contributed by atoms with E-state index in [2.05, 4.69) is 21.2 Å². The Morgan fingerprint density at radius 1 is 1.39 bits per heavy atom. The first kappa shape index (κ1) is 13.8. The van der Waals surface area contributed by atoms with E-state index in [1.165, 1.54) is 0 Å². The van der Waals surface area contributed by atoms with Gasteiger partial charge in [0, 0.05) is 21.6 Å². The van der Waals surface area contributed by atoms with Crippen molar-refractivity contribution >= 4 is 33.4 Å². The summed E-state index contributed by atoms with van der Waals surface area (Å²) in [4.78, 5) is 12.2. The van der Waals surface area contributed by atoms with Gasteiger partial charge in [-0.05, 0) is 47.0 Å². The number of rotatable bonds is 2. The standard InChI is InChI=1S/C13H16BrClN2O/c14-10-7-8(15)5-6-9(10)13(18)17-12-4-2-1-3-11(12)16/h5-7,11-12H,1-4,16H2,(H,17,18)/t11-,12-/m1/s1. The molecule has 2 atom stereocenters. The van der Waals surface area contributed by atoms with Crippen molar-refractivity contribution in [1.82, 2.24) is 5.32 Å². The molecule has 18 heavy (non-hydrogen) atoms. The molecule has 1 amide bonds. The number of carbonyl (C=O) groups is 1. The van der Waals surface area contributed by atoms with Gasteiger partial charge in [-0.1, -0.05) is 24.4 Å². The van der Waals surface area contributed by atoms with Crippen molar-refractivity contribution in [2.24, 2.45) is 5.73 Å². The van der Waals surface area contributed by atoms with Crippen molar-refractivity contribution in [2.45, 2.75) is 37.8 Å². The molecule has 0 saturated heterocycles. The summed E-state index contributed by atoms with van der Waals surface area (Å²) in [6, 6.07) is 5.29. The van der Waals surface area contributed by atoms with Crippen LogP contribution in [0.15, 0.2) is 22.7 Å². The van der Waals surface area contributed by atoms with Crippen LogP contribution in [0.2, 0.25) is 5.02 Å². The van der Waals surface area contributed by atoms with Crippen LogP contribution in [0, 0.1) is 0 Å². The van der Waals surface area contributed by atoms with E-state index < -0.39 is 0 Å². The molecule has 3 nitrogen and oxygen atoms in total. The van der Waals surface area contributed by atoms with Crippen LogP contribution in [-0.2, 0) is 0 Å². The Kier molecular flexibility index (Phi) is 4.65. The Morgan fingerprint density at radius 3 is 2.78 bits per heavy atom. The van der Waals surface area contributed by atoms with Crippen molar-refractivity contribution in [2.75, 3.05) is 0 Å². The molecule has 2 rings (SSSR count). The zero-order chi connectivity index (χ0) is 13.1. The Labute approximate surface area is 120 Å². The molecule has 1 aromatic carbocycles. The Morgan fingerprint density at radius 2 is 2.11 bits per heavy atom. The maximum atomic E-state index is 12.2. The minimum atomic E-state index is -0.0964. The molecule has 0 aromatic heterocycles. The molecule has 1 aliphatic rings. The first-order chi connectivity index (χ1) is 8.58. The molecule has 0 spiro atoms. The largest absolute Gasteiger partial charge is 0.348 e. The van der Waals surface area contributed by atoms with E-state index in [1.807, 2.05) is 0 Å². The molecular formula is C13H16BrClN2O. The number of amides is 1. The summed E-state index contributed by atoms with van der Waals surface area (Å²) in [5.74, 6) is -0.0964. The van der Waals surface area contributed by atoms with Gasteiger partial charge < -0.3 is 11.1 Å².